The number of aromatic carboxylic acids is 1. The van der Waals surface area contributed by atoms with Crippen molar-refractivity contribution >= 4 is 33.0 Å². The average Bonchev–Trinajstić information content (AvgIpc) is 3.27. The van der Waals surface area contributed by atoms with Gasteiger partial charge in [-0.25, -0.2) is 19.2 Å². The molecular weight excluding hydrogens is 520 g/mol. The Morgan fingerprint density at radius 2 is 1.88 bits per heavy atom. The molecule has 0 radical (unpaired) electrons. The number of aromatic nitrogens is 2. The minimum absolute atomic E-state index is 0.0703. The number of hydrogen-bond acceptors (Lipinski definition) is 4. The largest absolute Gasteiger partial charge is 0.477 e. The highest BCUT2D eigenvalue weighted by molar-refractivity contribution is 9.10. The Kier molecular flexibility index (Phi) is 6.70. The zero-order valence-corrected chi connectivity index (χ0v) is 19.1. The molecule has 1 aromatic carbocycles. The summed E-state index contributed by atoms with van der Waals surface area (Å²) in [6, 6.07) is 9.85. The average molecular weight is 537 g/mol. The Balaban J connectivity index is 1.78. The molecule has 0 amide bonds. The maximum atomic E-state index is 14.2. The van der Waals surface area contributed by atoms with Crippen molar-refractivity contribution in [3.05, 3.63) is 87.0 Å². The molecule has 1 N–H and O–H groups in total. The topological polar surface area (TPSA) is 72.3 Å². The van der Waals surface area contributed by atoms with Crippen molar-refractivity contribution in [1.29, 1.82) is 0 Å². The van der Waals surface area contributed by atoms with Gasteiger partial charge < -0.3 is 9.84 Å². The Morgan fingerprint density at radius 3 is 2.59 bits per heavy atom. The fourth-order valence-corrected chi connectivity index (χ4v) is 4.10. The van der Waals surface area contributed by atoms with Crippen LogP contribution < -0.4 is 4.74 Å². The highest BCUT2D eigenvalue weighted by Gasteiger charge is 2.33. The fourth-order valence-electron chi connectivity index (χ4n) is 3.77. The molecule has 1 aliphatic rings. The summed E-state index contributed by atoms with van der Waals surface area (Å²) in [6.45, 7) is -0.236. The van der Waals surface area contributed by atoms with Crippen LogP contribution in [0.2, 0.25) is 0 Å². The molecule has 0 saturated heterocycles. The number of nitrogens with zero attached hydrogens (tertiary/aromatic N) is 2. The van der Waals surface area contributed by atoms with Gasteiger partial charge in [0.05, 0.1) is 11.3 Å². The third kappa shape index (κ3) is 5.11. The molecule has 4 rings (SSSR count). The lowest BCUT2D eigenvalue weighted by Crippen LogP contribution is -2.09. The lowest BCUT2D eigenvalue weighted by atomic mass is 9.99. The Labute approximate surface area is 200 Å². The van der Waals surface area contributed by atoms with E-state index in [0.717, 1.165) is 6.07 Å². The molecule has 0 aliphatic heterocycles. The van der Waals surface area contributed by atoms with E-state index in [1.165, 1.54) is 24.3 Å². The van der Waals surface area contributed by atoms with Crippen molar-refractivity contribution in [1.82, 2.24) is 9.97 Å². The van der Waals surface area contributed by atoms with Gasteiger partial charge in [-0.05, 0) is 60.7 Å². The van der Waals surface area contributed by atoms with Crippen molar-refractivity contribution in [3.63, 3.8) is 0 Å². The molecule has 0 saturated carbocycles. The highest BCUT2D eigenvalue weighted by atomic mass is 79.9. The number of ether oxygens (including phenoxy) is 1. The first kappa shape index (κ1) is 23.9. The number of allylic oxidation sites excluding steroid dienone is 2. The van der Waals surface area contributed by atoms with E-state index in [-0.39, 0.29) is 29.3 Å². The van der Waals surface area contributed by atoms with Gasteiger partial charge in [0.2, 0.25) is 5.88 Å². The molecule has 10 heteroatoms. The number of benzene rings is 1. The van der Waals surface area contributed by atoms with E-state index in [1.54, 1.807) is 12.1 Å². The number of carboxylic acid groups (broad SMARTS) is 1. The van der Waals surface area contributed by atoms with Crippen molar-refractivity contribution in [2.75, 3.05) is 0 Å². The second-order valence-corrected chi connectivity index (χ2v) is 8.54. The highest BCUT2D eigenvalue weighted by Crippen LogP contribution is 2.43. The first-order valence-corrected chi connectivity index (χ1v) is 11.0. The summed E-state index contributed by atoms with van der Waals surface area (Å²) in [5.41, 5.74) is 0.768. The Bertz CT molecular complexity index is 1290. The van der Waals surface area contributed by atoms with Crippen LogP contribution in [-0.2, 0) is 12.8 Å². The number of halogens is 5. The van der Waals surface area contributed by atoms with Crippen LogP contribution in [0.15, 0.2) is 53.1 Å². The van der Waals surface area contributed by atoms with Crippen LogP contribution in [0.4, 0.5) is 17.6 Å². The molecule has 0 atom stereocenters. The van der Waals surface area contributed by atoms with Gasteiger partial charge in [-0.15, -0.1) is 0 Å². The molecule has 3 aromatic rings. The molecule has 34 heavy (non-hydrogen) atoms. The smallest absolute Gasteiger partial charge is 0.417 e. The molecule has 0 bridgehead atoms. The third-order valence-corrected chi connectivity index (χ3v) is 5.87. The van der Waals surface area contributed by atoms with Gasteiger partial charge in [-0.1, -0.05) is 28.1 Å². The molecular formula is C24H17BrF4N2O3. The van der Waals surface area contributed by atoms with Crippen LogP contribution in [-0.4, -0.2) is 21.0 Å². The van der Waals surface area contributed by atoms with E-state index in [4.69, 9.17) is 4.74 Å². The van der Waals surface area contributed by atoms with Crippen LogP contribution in [0.5, 0.6) is 5.88 Å². The molecule has 1 aliphatic carbocycles. The first-order valence-electron chi connectivity index (χ1n) is 10.2. The number of alkyl halides is 3. The van der Waals surface area contributed by atoms with Crippen LogP contribution in [0.3, 0.4) is 0 Å². The van der Waals surface area contributed by atoms with Crippen molar-refractivity contribution in [2.45, 2.75) is 32.0 Å². The number of hydrogen-bond donors (Lipinski definition) is 1. The number of carboxylic acids is 1. The summed E-state index contributed by atoms with van der Waals surface area (Å²) < 4.78 is 60.8. The quantitative estimate of drug-likeness (QED) is 0.352. The summed E-state index contributed by atoms with van der Waals surface area (Å²) in [5, 5.41) is 9.26. The lowest BCUT2D eigenvalue weighted by molar-refractivity contribution is -0.137. The summed E-state index contributed by atoms with van der Waals surface area (Å²) in [5.74, 6) is -1.80. The van der Waals surface area contributed by atoms with Crippen molar-refractivity contribution in [2.24, 2.45) is 0 Å². The monoisotopic (exact) mass is 536 g/mol. The minimum Gasteiger partial charge on any atom is -0.477 e. The third-order valence-electron chi connectivity index (χ3n) is 5.38. The molecule has 0 unspecified atom stereocenters. The van der Waals surface area contributed by atoms with E-state index in [9.17, 15) is 27.5 Å². The van der Waals surface area contributed by atoms with E-state index in [0.29, 0.717) is 46.8 Å². The van der Waals surface area contributed by atoms with Crippen molar-refractivity contribution in [3.8, 4) is 5.88 Å². The maximum Gasteiger partial charge on any atom is 0.417 e. The second kappa shape index (κ2) is 9.54. The lowest BCUT2D eigenvalue weighted by Gasteiger charge is -2.16. The van der Waals surface area contributed by atoms with Gasteiger partial charge in [0.1, 0.15) is 18.1 Å². The summed E-state index contributed by atoms with van der Waals surface area (Å²) in [6.07, 6.45) is -2.38. The summed E-state index contributed by atoms with van der Waals surface area (Å²) in [4.78, 5) is 19.4. The van der Waals surface area contributed by atoms with E-state index in [1.807, 2.05) is 0 Å². The van der Waals surface area contributed by atoms with Crippen LogP contribution in [0.25, 0.3) is 11.1 Å². The number of rotatable bonds is 6. The number of carbonyl (C=O) groups is 1. The zero-order valence-electron chi connectivity index (χ0n) is 17.5. The van der Waals surface area contributed by atoms with Gasteiger partial charge in [0.25, 0.3) is 0 Å². The molecule has 2 heterocycles. The fraction of sp³-hybridized carbons (Fsp3) is 0.208. The molecule has 0 spiro atoms. The molecule has 0 fully saturated rings. The summed E-state index contributed by atoms with van der Waals surface area (Å²) in [7, 11) is 0. The zero-order chi connectivity index (χ0) is 24.5. The minimum atomic E-state index is -4.63. The van der Waals surface area contributed by atoms with Gasteiger partial charge >= 0.3 is 12.1 Å². The predicted octanol–water partition coefficient (Wildman–Crippen LogP) is 6.77. The van der Waals surface area contributed by atoms with E-state index < -0.39 is 23.5 Å². The Hall–Kier alpha value is -3.27. The standard InChI is InChI=1S/C24H17BrF4N2O3/c25-15-8-7-13(19(26)10-15)12-34-22-18(9-14(11-30-22)24(27,28)29)16-3-1-4-17(16)20-5-2-6-21(31-20)23(32)33/h2,5-11H,1,3-4,12H2,(H,32,33). The van der Waals surface area contributed by atoms with Gasteiger partial charge in [0, 0.05) is 21.8 Å². The van der Waals surface area contributed by atoms with Crippen molar-refractivity contribution < 1.29 is 32.2 Å². The van der Waals surface area contributed by atoms with E-state index in [2.05, 4.69) is 25.9 Å². The van der Waals surface area contributed by atoms with Gasteiger partial charge in [-0.2, -0.15) is 13.2 Å². The van der Waals surface area contributed by atoms with Crippen LogP contribution in [0.1, 0.15) is 52.1 Å². The second-order valence-electron chi connectivity index (χ2n) is 7.62. The number of pyridine rings is 2. The van der Waals surface area contributed by atoms with Gasteiger partial charge in [-0.3, -0.25) is 0 Å². The molecule has 176 valence electrons. The molecule has 5 nitrogen and oxygen atoms in total. The van der Waals surface area contributed by atoms with Crippen LogP contribution >= 0.6 is 15.9 Å². The maximum absolute atomic E-state index is 14.2. The van der Waals surface area contributed by atoms with E-state index >= 15 is 0 Å². The van der Waals surface area contributed by atoms with Gasteiger partial charge in [0.15, 0.2) is 0 Å². The summed E-state index contributed by atoms with van der Waals surface area (Å²) >= 11 is 3.17. The normalized spacial score (nSPS) is 13.9. The first-order chi connectivity index (χ1) is 16.1. The molecule has 2 aromatic heterocycles. The van der Waals surface area contributed by atoms with Crippen LogP contribution in [0, 0.1) is 5.82 Å². The predicted molar refractivity (Wildman–Crippen MR) is 120 cm³/mol. The Morgan fingerprint density at radius 1 is 1.12 bits per heavy atom. The SMILES string of the molecule is O=C(O)c1cccc(C2=C(c3cc(C(F)(F)F)cnc3OCc3ccc(Br)cc3F)CCC2)n1.